The number of nitrogens with one attached hydrogen (secondary N) is 2. The van der Waals surface area contributed by atoms with Crippen molar-refractivity contribution >= 4 is 29.3 Å². The molecule has 2 amide bonds. The van der Waals surface area contributed by atoms with Crippen molar-refractivity contribution in [3.63, 3.8) is 0 Å². The first-order chi connectivity index (χ1) is 13.0. The van der Waals surface area contributed by atoms with Gasteiger partial charge in [-0.05, 0) is 48.0 Å². The Bertz CT molecular complexity index is 793. The molecule has 0 aliphatic heterocycles. The van der Waals surface area contributed by atoms with Gasteiger partial charge in [-0.3, -0.25) is 9.59 Å². The first-order valence-electron chi connectivity index (χ1n) is 8.15. The lowest BCUT2D eigenvalue weighted by Gasteiger charge is -2.07. The van der Waals surface area contributed by atoms with Gasteiger partial charge in [-0.15, -0.1) is 0 Å². The van der Waals surface area contributed by atoms with Gasteiger partial charge in [0.05, 0.1) is 14.2 Å². The summed E-state index contributed by atoms with van der Waals surface area (Å²) in [6.07, 6.45) is 3.09. The molecule has 0 atom stereocenters. The van der Waals surface area contributed by atoms with Gasteiger partial charge < -0.3 is 24.8 Å². The molecule has 0 heterocycles. The molecular formula is C20H22N2O5. The summed E-state index contributed by atoms with van der Waals surface area (Å²) in [5, 5.41) is 5.43. The lowest BCUT2D eigenvalue weighted by atomic mass is 10.2. The minimum absolute atomic E-state index is 0.0155. The number of ether oxygens (including phenoxy) is 3. The van der Waals surface area contributed by atoms with Crippen molar-refractivity contribution in [2.24, 2.45) is 0 Å². The molecule has 2 N–H and O–H groups in total. The largest absolute Gasteiger partial charge is 0.497 e. The lowest BCUT2D eigenvalue weighted by molar-refractivity contribution is -0.119. The third-order valence-corrected chi connectivity index (χ3v) is 3.51. The molecule has 2 rings (SSSR count). The number of amides is 2. The second-order valence-electron chi connectivity index (χ2n) is 5.53. The molecule has 0 saturated heterocycles. The summed E-state index contributed by atoms with van der Waals surface area (Å²) in [5.74, 6) is 0.750. The van der Waals surface area contributed by atoms with Crippen LogP contribution in [-0.2, 0) is 14.3 Å². The quantitative estimate of drug-likeness (QED) is 0.698. The molecule has 2 aromatic rings. The maximum atomic E-state index is 12.1. The van der Waals surface area contributed by atoms with Crippen LogP contribution in [0, 0.1) is 0 Å². The Morgan fingerprint density at radius 3 is 1.96 bits per heavy atom. The predicted octanol–water partition coefficient (Wildman–Crippen LogP) is 2.94. The molecule has 0 aliphatic rings. The standard InChI is InChI=1S/C20H22N2O5/c1-25-13-20(24)22-16-7-5-15(6-8-16)21-19(23)9-4-14-10-17(26-2)12-18(11-14)27-3/h4-12H,13H2,1-3H3,(H,21,23)(H,22,24)/b9-4+. The Morgan fingerprint density at radius 1 is 0.889 bits per heavy atom. The number of methoxy groups -OCH3 is 3. The van der Waals surface area contributed by atoms with E-state index in [0.29, 0.717) is 22.9 Å². The van der Waals surface area contributed by atoms with Crippen LogP contribution < -0.4 is 20.1 Å². The predicted molar refractivity (Wildman–Crippen MR) is 104 cm³/mol. The average molecular weight is 370 g/mol. The van der Waals surface area contributed by atoms with Crippen LogP contribution in [0.4, 0.5) is 11.4 Å². The summed E-state index contributed by atoms with van der Waals surface area (Å²) >= 11 is 0. The highest BCUT2D eigenvalue weighted by Gasteiger charge is 2.03. The molecule has 0 fully saturated rings. The van der Waals surface area contributed by atoms with E-state index in [1.165, 1.54) is 13.2 Å². The monoisotopic (exact) mass is 370 g/mol. The molecule has 0 aliphatic carbocycles. The molecule has 0 aromatic heterocycles. The maximum Gasteiger partial charge on any atom is 0.250 e. The molecule has 7 nitrogen and oxygen atoms in total. The summed E-state index contributed by atoms with van der Waals surface area (Å²) in [6.45, 7) is -0.0155. The van der Waals surface area contributed by atoms with Gasteiger partial charge in [-0.2, -0.15) is 0 Å². The van der Waals surface area contributed by atoms with Gasteiger partial charge in [-0.25, -0.2) is 0 Å². The third kappa shape index (κ3) is 6.48. The Morgan fingerprint density at radius 2 is 1.44 bits per heavy atom. The SMILES string of the molecule is COCC(=O)Nc1ccc(NC(=O)/C=C/c2cc(OC)cc(OC)c2)cc1. The van der Waals surface area contributed by atoms with E-state index in [1.54, 1.807) is 62.8 Å². The van der Waals surface area contributed by atoms with Crippen molar-refractivity contribution in [2.75, 3.05) is 38.6 Å². The van der Waals surface area contributed by atoms with Gasteiger partial charge in [-0.1, -0.05) is 0 Å². The van der Waals surface area contributed by atoms with Crippen molar-refractivity contribution in [3.8, 4) is 11.5 Å². The van der Waals surface area contributed by atoms with Crippen LogP contribution in [0.25, 0.3) is 6.08 Å². The van der Waals surface area contributed by atoms with Crippen LogP contribution in [0.15, 0.2) is 48.5 Å². The summed E-state index contributed by atoms with van der Waals surface area (Å²) in [6, 6.07) is 12.1. The highest BCUT2D eigenvalue weighted by Crippen LogP contribution is 2.23. The zero-order valence-corrected chi connectivity index (χ0v) is 15.4. The van der Waals surface area contributed by atoms with E-state index in [0.717, 1.165) is 5.56 Å². The minimum Gasteiger partial charge on any atom is -0.497 e. The van der Waals surface area contributed by atoms with Crippen LogP contribution in [-0.4, -0.2) is 39.8 Å². The molecule has 142 valence electrons. The summed E-state index contributed by atoms with van der Waals surface area (Å²) in [4.78, 5) is 23.5. The highest BCUT2D eigenvalue weighted by atomic mass is 16.5. The normalized spacial score (nSPS) is 10.5. The Hall–Kier alpha value is -3.32. The second-order valence-corrected chi connectivity index (χ2v) is 5.53. The van der Waals surface area contributed by atoms with Gasteiger partial charge in [0, 0.05) is 30.6 Å². The van der Waals surface area contributed by atoms with Crippen molar-refractivity contribution < 1.29 is 23.8 Å². The number of carbonyl (C=O) groups excluding carboxylic acids is 2. The van der Waals surface area contributed by atoms with Crippen molar-refractivity contribution in [3.05, 3.63) is 54.1 Å². The lowest BCUT2D eigenvalue weighted by Crippen LogP contribution is -2.17. The van der Waals surface area contributed by atoms with E-state index in [1.807, 2.05) is 0 Å². The molecule has 27 heavy (non-hydrogen) atoms. The van der Waals surface area contributed by atoms with Crippen molar-refractivity contribution in [2.45, 2.75) is 0 Å². The summed E-state index contributed by atoms with van der Waals surface area (Å²) < 4.78 is 15.2. The van der Waals surface area contributed by atoms with Gasteiger partial charge >= 0.3 is 0 Å². The fraction of sp³-hybridized carbons (Fsp3) is 0.200. The van der Waals surface area contributed by atoms with Crippen LogP contribution in [0.1, 0.15) is 5.56 Å². The first kappa shape index (κ1) is 20.0. The smallest absolute Gasteiger partial charge is 0.250 e. The van der Waals surface area contributed by atoms with E-state index < -0.39 is 0 Å². The van der Waals surface area contributed by atoms with E-state index in [-0.39, 0.29) is 18.4 Å². The Kier molecular flexibility index (Phi) is 7.39. The number of hydrogen-bond donors (Lipinski definition) is 2. The van der Waals surface area contributed by atoms with Gasteiger partial charge in [0.25, 0.3) is 0 Å². The third-order valence-electron chi connectivity index (χ3n) is 3.51. The number of benzene rings is 2. The molecule has 0 spiro atoms. The van der Waals surface area contributed by atoms with E-state index in [4.69, 9.17) is 14.2 Å². The number of hydrogen-bond acceptors (Lipinski definition) is 5. The minimum atomic E-state index is -0.284. The molecular weight excluding hydrogens is 348 g/mol. The topological polar surface area (TPSA) is 85.9 Å². The number of anilines is 2. The van der Waals surface area contributed by atoms with Crippen molar-refractivity contribution in [1.82, 2.24) is 0 Å². The van der Waals surface area contributed by atoms with E-state index in [9.17, 15) is 9.59 Å². The zero-order chi connectivity index (χ0) is 19.6. The highest BCUT2D eigenvalue weighted by molar-refractivity contribution is 6.02. The fourth-order valence-corrected chi connectivity index (χ4v) is 2.25. The molecule has 0 bridgehead atoms. The van der Waals surface area contributed by atoms with Gasteiger partial charge in [0.1, 0.15) is 18.1 Å². The second kappa shape index (κ2) is 9.98. The Balaban J connectivity index is 1.97. The van der Waals surface area contributed by atoms with E-state index in [2.05, 4.69) is 10.6 Å². The molecule has 0 radical (unpaired) electrons. The van der Waals surface area contributed by atoms with Gasteiger partial charge in [0.15, 0.2) is 0 Å². The van der Waals surface area contributed by atoms with E-state index >= 15 is 0 Å². The maximum absolute atomic E-state index is 12.1. The molecule has 0 saturated carbocycles. The zero-order valence-electron chi connectivity index (χ0n) is 15.4. The van der Waals surface area contributed by atoms with Crippen LogP contribution in [0.2, 0.25) is 0 Å². The van der Waals surface area contributed by atoms with Crippen LogP contribution >= 0.6 is 0 Å². The summed E-state index contributed by atoms with van der Waals surface area (Å²) in [7, 11) is 4.58. The van der Waals surface area contributed by atoms with Gasteiger partial charge in [0.2, 0.25) is 11.8 Å². The van der Waals surface area contributed by atoms with Crippen LogP contribution in [0.3, 0.4) is 0 Å². The fourth-order valence-electron chi connectivity index (χ4n) is 2.25. The molecule has 0 unspecified atom stereocenters. The van der Waals surface area contributed by atoms with Crippen LogP contribution in [0.5, 0.6) is 11.5 Å². The molecule has 7 heteroatoms. The summed E-state index contributed by atoms with van der Waals surface area (Å²) in [5.41, 5.74) is 2.00. The first-order valence-corrected chi connectivity index (χ1v) is 8.15. The van der Waals surface area contributed by atoms with Crippen molar-refractivity contribution in [1.29, 1.82) is 0 Å². The Labute approximate surface area is 157 Å². The molecule has 2 aromatic carbocycles. The average Bonchev–Trinajstić information content (AvgIpc) is 2.67. The number of rotatable bonds is 8. The number of carbonyl (C=O) groups is 2.